The molecule has 0 aliphatic rings. The molecule has 0 fully saturated rings. The maximum atomic E-state index is 10.1. The maximum Gasteiger partial charge on any atom is 1.00 e. The molecule has 0 aliphatic heterocycles. The van der Waals surface area contributed by atoms with Gasteiger partial charge in [0.15, 0.2) is 6.29 Å². The fraction of sp³-hybridized carbons (Fsp3) is 0.667. The number of hydrogen-bond acceptors (Lipinski definition) is 5. The number of aliphatic hydroxyl groups excluding tert-OH is 1. The molecule has 0 amide bonds. The Morgan fingerprint density at radius 3 is 2.54 bits per heavy atom. The number of aliphatic hydroxyl groups is 1. The first kappa shape index (κ1) is 15.9. The number of ether oxygens (including phenoxy) is 1. The van der Waals surface area contributed by atoms with Gasteiger partial charge in [-0.1, -0.05) is 6.08 Å². The summed E-state index contributed by atoms with van der Waals surface area (Å²) in [4.78, 5) is 0. The fourth-order valence-electron chi connectivity index (χ4n) is 0.482. The summed E-state index contributed by atoms with van der Waals surface area (Å²) in [5.41, 5.74) is 0. The van der Waals surface area contributed by atoms with Crippen molar-refractivity contribution in [2.24, 2.45) is 0 Å². The molecule has 1 N–H and O–H groups in total. The van der Waals surface area contributed by atoms with Crippen LogP contribution in [-0.4, -0.2) is 30.1 Å². The average molecular weight is 218 g/mol. The van der Waals surface area contributed by atoms with E-state index in [1.807, 2.05) is 0 Å². The predicted octanol–water partition coefficient (Wildman–Crippen LogP) is -3.21. The van der Waals surface area contributed by atoms with Crippen molar-refractivity contribution in [1.82, 2.24) is 0 Å². The van der Waals surface area contributed by atoms with Gasteiger partial charge in [0.05, 0.1) is 16.4 Å². The van der Waals surface area contributed by atoms with Crippen molar-refractivity contribution >= 4 is 10.1 Å². The summed E-state index contributed by atoms with van der Waals surface area (Å²) in [6, 6.07) is 0. The van der Waals surface area contributed by atoms with Gasteiger partial charge in [-0.15, -0.1) is 0 Å². The zero-order valence-corrected chi connectivity index (χ0v) is 10.5. The van der Waals surface area contributed by atoms with Crippen LogP contribution in [0.1, 0.15) is 13.3 Å². The van der Waals surface area contributed by atoms with Crippen molar-refractivity contribution in [3.63, 3.8) is 0 Å². The standard InChI is InChI=1S/C6H12O5S.Na/c1-2-4-11-6(7)3-5-12(8,9)10;/h2,4,6-7H,3,5H2,1H3,(H,8,9,10);/q;+1/p-1. The summed E-state index contributed by atoms with van der Waals surface area (Å²) < 4.78 is 34.8. The second-order valence-corrected chi connectivity index (χ2v) is 3.63. The van der Waals surface area contributed by atoms with Crippen molar-refractivity contribution in [3.05, 3.63) is 12.3 Å². The fourth-order valence-corrected chi connectivity index (χ4v) is 0.973. The molecule has 72 valence electrons. The molecule has 0 aromatic rings. The molecule has 0 bridgehead atoms. The third-order valence-electron chi connectivity index (χ3n) is 0.987. The average Bonchev–Trinajstić information content (AvgIpc) is 1.95. The van der Waals surface area contributed by atoms with Gasteiger partial charge in [0.2, 0.25) is 0 Å². The Morgan fingerprint density at radius 2 is 2.15 bits per heavy atom. The van der Waals surface area contributed by atoms with Gasteiger partial charge in [-0.05, 0) is 6.92 Å². The van der Waals surface area contributed by atoms with Gasteiger partial charge in [-0.3, -0.25) is 0 Å². The van der Waals surface area contributed by atoms with Crippen LogP contribution in [0.15, 0.2) is 12.3 Å². The first-order chi connectivity index (χ1) is 5.45. The van der Waals surface area contributed by atoms with Gasteiger partial charge >= 0.3 is 29.6 Å². The summed E-state index contributed by atoms with van der Waals surface area (Å²) in [5, 5.41) is 8.87. The van der Waals surface area contributed by atoms with Gasteiger partial charge in [-0.2, -0.15) is 0 Å². The summed E-state index contributed by atoms with van der Waals surface area (Å²) in [5.74, 6) is -0.619. The van der Waals surface area contributed by atoms with Crippen LogP contribution in [0.2, 0.25) is 0 Å². The van der Waals surface area contributed by atoms with E-state index >= 15 is 0 Å². The summed E-state index contributed by atoms with van der Waals surface area (Å²) in [7, 11) is -4.26. The molecule has 0 aliphatic carbocycles. The van der Waals surface area contributed by atoms with Crippen molar-refractivity contribution in [2.45, 2.75) is 19.6 Å². The van der Waals surface area contributed by atoms with Crippen LogP contribution in [-0.2, 0) is 14.9 Å². The molecule has 5 nitrogen and oxygen atoms in total. The van der Waals surface area contributed by atoms with Crippen LogP contribution in [0.25, 0.3) is 0 Å². The van der Waals surface area contributed by atoms with Crippen LogP contribution >= 0.6 is 0 Å². The molecule has 0 spiro atoms. The topological polar surface area (TPSA) is 86.7 Å². The molecule has 0 aromatic carbocycles. The second-order valence-electron chi connectivity index (χ2n) is 2.11. The number of allylic oxidation sites excluding steroid dienone is 1. The third-order valence-corrected chi connectivity index (χ3v) is 1.72. The van der Waals surface area contributed by atoms with E-state index in [4.69, 9.17) is 5.11 Å². The minimum Gasteiger partial charge on any atom is -0.748 e. The quantitative estimate of drug-likeness (QED) is 0.227. The zero-order valence-electron chi connectivity index (χ0n) is 7.63. The molecule has 1 atom stereocenters. The zero-order chi connectivity index (χ0) is 9.61. The largest absolute Gasteiger partial charge is 1.00 e. The molecule has 0 saturated carbocycles. The molecule has 7 heteroatoms. The van der Waals surface area contributed by atoms with Crippen LogP contribution < -0.4 is 29.6 Å². The van der Waals surface area contributed by atoms with Crippen molar-refractivity contribution in [3.8, 4) is 0 Å². The van der Waals surface area contributed by atoms with Crippen molar-refractivity contribution in [1.29, 1.82) is 0 Å². The molecule has 0 heterocycles. The Morgan fingerprint density at radius 1 is 1.62 bits per heavy atom. The number of rotatable bonds is 5. The van der Waals surface area contributed by atoms with E-state index in [2.05, 4.69) is 4.74 Å². The first-order valence-electron chi connectivity index (χ1n) is 3.34. The van der Waals surface area contributed by atoms with Gasteiger partial charge in [-0.25, -0.2) is 8.42 Å². The Labute approximate surface area is 99.8 Å². The summed E-state index contributed by atoms with van der Waals surface area (Å²) in [6.45, 7) is 1.68. The maximum absolute atomic E-state index is 10.1. The number of hydrogen-bond donors (Lipinski definition) is 1. The van der Waals surface area contributed by atoms with E-state index < -0.39 is 22.2 Å². The van der Waals surface area contributed by atoms with Gasteiger partial charge in [0.25, 0.3) is 0 Å². The van der Waals surface area contributed by atoms with E-state index in [0.717, 1.165) is 0 Å². The predicted molar refractivity (Wildman–Crippen MR) is 41.1 cm³/mol. The van der Waals surface area contributed by atoms with Crippen LogP contribution in [0.4, 0.5) is 0 Å². The molecule has 13 heavy (non-hydrogen) atoms. The monoisotopic (exact) mass is 218 g/mol. The van der Waals surface area contributed by atoms with E-state index in [1.165, 1.54) is 12.3 Å². The van der Waals surface area contributed by atoms with Crippen LogP contribution in [0.5, 0.6) is 0 Å². The van der Waals surface area contributed by atoms with Crippen molar-refractivity contribution < 1.29 is 52.4 Å². The summed E-state index contributed by atoms with van der Waals surface area (Å²) in [6.07, 6.45) is 1.32. The SMILES string of the molecule is CC=COC(O)CCS(=O)(=O)[O-].[Na+]. The molecule has 0 saturated heterocycles. The Bertz CT molecular complexity index is 235. The Hall–Kier alpha value is 0.410. The molecular weight excluding hydrogens is 207 g/mol. The molecule has 0 aromatic heterocycles. The first-order valence-corrected chi connectivity index (χ1v) is 4.91. The smallest absolute Gasteiger partial charge is 0.748 e. The van der Waals surface area contributed by atoms with Crippen LogP contribution in [0, 0.1) is 0 Å². The van der Waals surface area contributed by atoms with E-state index in [-0.39, 0.29) is 36.0 Å². The van der Waals surface area contributed by atoms with E-state index in [9.17, 15) is 13.0 Å². The van der Waals surface area contributed by atoms with Crippen molar-refractivity contribution in [2.75, 3.05) is 5.75 Å². The van der Waals surface area contributed by atoms with E-state index in [1.54, 1.807) is 6.92 Å². The second kappa shape index (κ2) is 7.78. The molecule has 0 rings (SSSR count). The third kappa shape index (κ3) is 12.4. The van der Waals surface area contributed by atoms with Gasteiger partial charge < -0.3 is 14.4 Å². The van der Waals surface area contributed by atoms with Crippen LogP contribution in [0.3, 0.4) is 0 Å². The normalized spacial score (nSPS) is 13.8. The molecular formula is C6H11NaO5S. The van der Waals surface area contributed by atoms with Gasteiger partial charge in [0.1, 0.15) is 0 Å². The van der Waals surface area contributed by atoms with E-state index in [0.29, 0.717) is 0 Å². The minimum absolute atomic E-state index is 0. The molecule has 1 unspecified atom stereocenters. The Kier molecular flexibility index (Phi) is 9.49. The van der Waals surface area contributed by atoms with Gasteiger partial charge in [0, 0.05) is 12.2 Å². The summed E-state index contributed by atoms with van der Waals surface area (Å²) >= 11 is 0. The molecule has 0 radical (unpaired) electrons. The minimum atomic E-state index is -4.26. The Balaban J connectivity index is 0.